The molecule has 3 aromatic rings. The Morgan fingerprint density at radius 2 is 1.19 bits per heavy atom. The molecule has 258 valence electrons. The van der Waals surface area contributed by atoms with Crippen LogP contribution in [-0.2, 0) is 4.79 Å². The molecule has 0 bridgehead atoms. The van der Waals surface area contributed by atoms with Crippen LogP contribution in [0.5, 0.6) is 5.75 Å². The minimum absolute atomic E-state index is 0.290. The number of aliphatic carboxylic acids is 1. The van der Waals surface area contributed by atoms with Crippen molar-refractivity contribution in [3.8, 4) is 5.75 Å². The minimum Gasteiger partial charge on any atom is -0.492 e. The number of carbonyl (C=O) groups is 1. The van der Waals surface area contributed by atoms with E-state index in [9.17, 15) is 4.79 Å². The molecular weight excluding hydrogens is 590 g/mol. The standard InChI is InChI=1S/C26H29NO.C18H30O2/c1-4-25(21-11-7-5-8-12-21)26(22-13-9-6-10-14-22)23-15-17-24(18-16-23)28-20-19-27(2)3;1-2-3-4-5-6-7-8-9-10-11-12-13-14-15-16-17-18(19)20/h5-18H,4,19-20H2,1-3H3;6-7,9-10,12-13H,2-5,8,11,14-17H2,1H3,(H,19,20)/b26-25-;7-6-,10-9-,13-12-. The van der Waals surface area contributed by atoms with Crippen LogP contribution in [0.3, 0.4) is 0 Å². The Morgan fingerprint density at radius 1 is 0.667 bits per heavy atom. The van der Waals surface area contributed by atoms with Gasteiger partial charge < -0.3 is 14.7 Å². The van der Waals surface area contributed by atoms with Gasteiger partial charge in [-0.2, -0.15) is 0 Å². The lowest BCUT2D eigenvalue weighted by molar-refractivity contribution is -0.137. The maximum Gasteiger partial charge on any atom is 0.303 e. The van der Waals surface area contributed by atoms with Crippen molar-refractivity contribution < 1.29 is 14.6 Å². The number of ether oxygens (including phenoxy) is 1. The van der Waals surface area contributed by atoms with Gasteiger partial charge in [0.2, 0.25) is 0 Å². The molecule has 0 heterocycles. The van der Waals surface area contributed by atoms with E-state index < -0.39 is 5.97 Å². The van der Waals surface area contributed by atoms with Gasteiger partial charge in [-0.15, -0.1) is 0 Å². The van der Waals surface area contributed by atoms with Crippen LogP contribution < -0.4 is 4.74 Å². The number of allylic oxidation sites excluding steroid dienone is 7. The number of hydrogen-bond donors (Lipinski definition) is 1. The van der Waals surface area contributed by atoms with Crippen LogP contribution in [0.4, 0.5) is 0 Å². The summed E-state index contributed by atoms with van der Waals surface area (Å²) in [7, 11) is 4.11. The summed E-state index contributed by atoms with van der Waals surface area (Å²) in [6.45, 7) is 6.05. The molecule has 3 aromatic carbocycles. The van der Waals surface area contributed by atoms with Crippen LogP contribution in [-0.4, -0.2) is 43.2 Å². The fourth-order valence-corrected chi connectivity index (χ4v) is 5.18. The Kier molecular flexibility index (Phi) is 21.6. The molecule has 0 unspecified atom stereocenters. The van der Waals surface area contributed by atoms with E-state index in [1.807, 2.05) is 0 Å². The van der Waals surface area contributed by atoms with Crippen molar-refractivity contribution in [1.29, 1.82) is 0 Å². The lowest BCUT2D eigenvalue weighted by Gasteiger charge is -2.17. The van der Waals surface area contributed by atoms with Crippen LogP contribution >= 0.6 is 0 Å². The van der Waals surface area contributed by atoms with E-state index in [1.165, 1.54) is 53.5 Å². The number of unbranched alkanes of at least 4 members (excludes halogenated alkanes) is 5. The third-order valence-corrected chi connectivity index (χ3v) is 7.82. The SMILES string of the molecule is CC/C(=C(\c1ccccc1)c1ccc(OCCN(C)C)cc1)c1ccccc1.CCCCC/C=C\C/C=C\C/C=C\CCCCC(=O)O. The number of likely N-dealkylation sites (N-methyl/N-ethyl adjacent to an activating group) is 1. The molecule has 0 spiro atoms. The molecule has 0 fully saturated rings. The monoisotopic (exact) mass is 649 g/mol. The molecule has 0 aliphatic rings. The first-order valence-corrected chi connectivity index (χ1v) is 17.8. The van der Waals surface area contributed by atoms with Gasteiger partial charge in [-0.05, 0) is 105 Å². The summed E-state index contributed by atoms with van der Waals surface area (Å²) in [5, 5.41) is 8.48. The molecule has 3 rings (SSSR count). The van der Waals surface area contributed by atoms with Gasteiger partial charge in [0.25, 0.3) is 0 Å². The summed E-state index contributed by atoms with van der Waals surface area (Å²) in [5.41, 5.74) is 6.37. The third kappa shape index (κ3) is 17.7. The number of rotatable bonds is 21. The smallest absolute Gasteiger partial charge is 0.303 e. The summed E-state index contributed by atoms with van der Waals surface area (Å²) >= 11 is 0. The highest BCUT2D eigenvalue weighted by Gasteiger charge is 2.13. The molecule has 4 nitrogen and oxygen atoms in total. The van der Waals surface area contributed by atoms with Gasteiger partial charge in [0.05, 0.1) is 0 Å². The molecule has 0 aromatic heterocycles. The molecule has 4 heteroatoms. The predicted molar refractivity (Wildman–Crippen MR) is 206 cm³/mol. The maximum atomic E-state index is 10.3. The normalized spacial score (nSPS) is 12.0. The van der Waals surface area contributed by atoms with Crippen molar-refractivity contribution in [3.63, 3.8) is 0 Å². The van der Waals surface area contributed by atoms with Gasteiger partial charge in [0.1, 0.15) is 12.4 Å². The zero-order valence-corrected chi connectivity index (χ0v) is 30.0. The second kappa shape index (κ2) is 25.9. The van der Waals surface area contributed by atoms with Gasteiger partial charge in [-0.3, -0.25) is 4.79 Å². The zero-order chi connectivity index (χ0) is 34.7. The second-order valence-electron chi connectivity index (χ2n) is 12.1. The summed E-state index contributed by atoms with van der Waals surface area (Å²) in [6, 6.07) is 29.8. The van der Waals surface area contributed by atoms with Gasteiger partial charge in [0, 0.05) is 13.0 Å². The number of hydrogen-bond acceptors (Lipinski definition) is 3. The molecule has 0 saturated heterocycles. The molecule has 0 aliphatic carbocycles. The fourth-order valence-electron chi connectivity index (χ4n) is 5.18. The van der Waals surface area contributed by atoms with Crippen molar-refractivity contribution >= 4 is 17.1 Å². The molecule has 0 amide bonds. The highest BCUT2D eigenvalue weighted by atomic mass is 16.5. The lowest BCUT2D eigenvalue weighted by Crippen LogP contribution is -2.19. The van der Waals surface area contributed by atoms with Crippen molar-refractivity contribution in [3.05, 3.63) is 138 Å². The lowest BCUT2D eigenvalue weighted by atomic mass is 9.88. The van der Waals surface area contributed by atoms with Gasteiger partial charge in [-0.25, -0.2) is 0 Å². The molecule has 0 atom stereocenters. The molecular formula is C44H59NO3. The van der Waals surface area contributed by atoms with Crippen LogP contribution in [0.15, 0.2) is 121 Å². The summed E-state index contributed by atoms with van der Waals surface area (Å²) < 4.78 is 5.87. The van der Waals surface area contributed by atoms with Crippen molar-refractivity contribution in [2.24, 2.45) is 0 Å². The first-order valence-electron chi connectivity index (χ1n) is 17.8. The van der Waals surface area contributed by atoms with Gasteiger partial charge in [-0.1, -0.05) is 136 Å². The number of carboxylic acid groups (broad SMARTS) is 1. The summed E-state index contributed by atoms with van der Waals surface area (Å²) in [4.78, 5) is 12.4. The van der Waals surface area contributed by atoms with E-state index in [0.717, 1.165) is 50.8 Å². The molecule has 0 aliphatic heterocycles. The summed E-state index contributed by atoms with van der Waals surface area (Å²) in [6.07, 6.45) is 24.3. The number of benzene rings is 3. The topological polar surface area (TPSA) is 49.8 Å². The van der Waals surface area contributed by atoms with Crippen LogP contribution in [0.2, 0.25) is 0 Å². The number of carboxylic acids is 1. The van der Waals surface area contributed by atoms with Crippen molar-refractivity contribution in [2.75, 3.05) is 27.2 Å². The Bertz CT molecular complexity index is 1370. The summed E-state index contributed by atoms with van der Waals surface area (Å²) in [5.74, 6) is 0.218. The van der Waals surface area contributed by atoms with Crippen molar-refractivity contribution in [2.45, 2.75) is 84.5 Å². The zero-order valence-electron chi connectivity index (χ0n) is 30.0. The van der Waals surface area contributed by atoms with Gasteiger partial charge >= 0.3 is 5.97 Å². The van der Waals surface area contributed by atoms with E-state index in [0.29, 0.717) is 13.0 Å². The third-order valence-electron chi connectivity index (χ3n) is 7.82. The number of nitrogens with zero attached hydrogens (tertiary/aromatic N) is 1. The van der Waals surface area contributed by atoms with E-state index in [1.54, 1.807) is 0 Å². The predicted octanol–water partition coefficient (Wildman–Crippen LogP) is 11.7. The Hall–Kier alpha value is -4.15. The first kappa shape index (κ1) is 40.0. The Labute approximate surface area is 291 Å². The highest BCUT2D eigenvalue weighted by molar-refractivity contribution is 5.98. The van der Waals surface area contributed by atoms with Gasteiger partial charge in [0.15, 0.2) is 0 Å². The molecule has 1 N–H and O–H groups in total. The molecule has 0 radical (unpaired) electrons. The fraction of sp³-hybridized carbons (Fsp3) is 0.386. The largest absolute Gasteiger partial charge is 0.492 e. The average Bonchev–Trinajstić information content (AvgIpc) is 3.10. The minimum atomic E-state index is -0.695. The quantitative estimate of drug-likeness (QED) is 0.0709. The first-order chi connectivity index (χ1) is 23.5. The van der Waals surface area contributed by atoms with E-state index in [4.69, 9.17) is 9.84 Å². The highest BCUT2D eigenvalue weighted by Crippen LogP contribution is 2.34. The Balaban J connectivity index is 0.000000356. The van der Waals surface area contributed by atoms with E-state index in [-0.39, 0.29) is 0 Å². The van der Waals surface area contributed by atoms with Crippen LogP contribution in [0, 0.1) is 0 Å². The molecule has 0 saturated carbocycles. The van der Waals surface area contributed by atoms with Crippen LogP contribution in [0.25, 0.3) is 11.1 Å². The average molecular weight is 650 g/mol. The Morgan fingerprint density at radius 3 is 1.71 bits per heavy atom. The molecule has 48 heavy (non-hydrogen) atoms. The van der Waals surface area contributed by atoms with Crippen LogP contribution in [0.1, 0.15) is 101 Å². The second-order valence-corrected chi connectivity index (χ2v) is 12.1. The van der Waals surface area contributed by atoms with E-state index in [2.05, 4.69) is 154 Å². The van der Waals surface area contributed by atoms with E-state index >= 15 is 0 Å². The van der Waals surface area contributed by atoms with Crippen molar-refractivity contribution in [1.82, 2.24) is 4.90 Å². The maximum absolute atomic E-state index is 10.3.